The molecule has 0 bridgehead atoms. The molecule has 1 unspecified atom stereocenters. The molecule has 1 atom stereocenters. The third-order valence-corrected chi connectivity index (χ3v) is 6.00. The summed E-state index contributed by atoms with van der Waals surface area (Å²) in [5.41, 5.74) is 3.89. The maximum Gasteiger partial charge on any atom is 0.338 e. The molecule has 2 aromatic rings. The second-order valence-corrected chi connectivity index (χ2v) is 8.41. The number of amidine groups is 1. The van der Waals surface area contributed by atoms with Gasteiger partial charge in [-0.15, -0.1) is 0 Å². The van der Waals surface area contributed by atoms with E-state index in [0.29, 0.717) is 23.0 Å². The normalized spacial score (nSPS) is 17.2. The van der Waals surface area contributed by atoms with Crippen molar-refractivity contribution in [3.63, 3.8) is 0 Å². The van der Waals surface area contributed by atoms with Crippen molar-refractivity contribution in [1.82, 2.24) is 4.90 Å². The Morgan fingerprint density at radius 3 is 2.52 bits per heavy atom. The zero-order valence-corrected chi connectivity index (χ0v) is 18.8. The Morgan fingerprint density at radius 1 is 1.16 bits per heavy atom. The molecule has 3 rings (SSSR count). The van der Waals surface area contributed by atoms with Crippen LogP contribution in [0.3, 0.4) is 0 Å². The Bertz CT molecular complexity index is 1030. The molecule has 2 amide bonds. The van der Waals surface area contributed by atoms with Crippen LogP contribution in [0.5, 0.6) is 0 Å². The van der Waals surface area contributed by atoms with E-state index in [1.165, 1.54) is 16.7 Å². The summed E-state index contributed by atoms with van der Waals surface area (Å²) in [7, 11) is 1.64. The second-order valence-electron chi connectivity index (χ2n) is 7.24. The molecular formula is C23H25N3O4S. The average molecular weight is 440 g/mol. The second kappa shape index (κ2) is 9.78. The third kappa shape index (κ3) is 5.52. The van der Waals surface area contributed by atoms with Gasteiger partial charge in [-0.1, -0.05) is 29.5 Å². The van der Waals surface area contributed by atoms with Crippen molar-refractivity contribution >= 4 is 46.1 Å². The van der Waals surface area contributed by atoms with Gasteiger partial charge in [0.1, 0.15) is 5.25 Å². The number of ether oxygens (including phenoxy) is 1. The van der Waals surface area contributed by atoms with Crippen LogP contribution in [0.25, 0.3) is 0 Å². The summed E-state index contributed by atoms with van der Waals surface area (Å²) < 4.78 is 4.97. The van der Waals surface area contributed by atoms with Crippen molar-refractivity contribution in [2.45, 2.75) is 32.4 Å². The number of benzene rings is 2. The Hall–Kier alpha value is -3.13. The number of thioether (sulfide) groups is 1. The molecule has 1 aliphatic rings. The van der Waals surface area contributed by atoms with Crippen LogP contribution in [-0.2, 0) is 14.3 Å². The molecule has 1 saturated heterocycles. The summed E-state index contributed by atoms with van der Waals surface area (Å²) in [4.78, 5) is 42.8. The Kier molecular flexibility index (Phi) is 7.12. The number of aryl methyl sites for hydroxylation is 2. The van der Waals surface area contributed by atoms with E-state index in [9.17, 15) is 14.4 Å². The lowest BCUT2D eigenvalue weighted by Crippen LogP contribution is -2.30. The Morgan fingerprint density at radius 2 is 1.87 bits per heavy atom. The van der Waals surface area contributed by atoms with E-state index < -0.39 is 5.25 Å². The predicted molar refractivity (Wildman–Crippen MR) is 123 cm³/mol. The minimum absolute atomic E-state index is 0.0575. The fraction of sp³-hybridized carbons (Fsp3) is 0.304. The minimum atomic E-state index is -0.534. The molecule has 1 fully saturated rings. The first kappa shape index (κ1) is 22.6. The zero-order valence-electron chi connectivity index (χ0n) is 18.0. The molecule has 0 aromatic heterocycles. The first-order valence-corrected chi connectivity index (χ1v) is 10.8. The van der Waals surface area contributed by atoms with Crippen LogP contribution < -0.4 is 5.32 Å². The highest BCUT2D eigenvalue weighted by Crippen LogP contribution is 2.31. The van der Waals surface area contributed by atoms with Crippen molar-refractivity contribution in [2.75, 3.05) is 19.0 Å². The maximum atomic E-state index is 12.6. The number of aliphatic imine (C=N–C) groups is 1. The number of hydrogen-bond donors (Lipinski definition) is 1. The molecule has 0 spiro atoms. The fourth-order valence-corrected chi connectivity index (χ4v) is 4.27. The number of anilines is 1. The molecule has 1 N–H and O–H groups in total. The zero-order chi connectivity index (χ0) is 22.5. The molecule has 8 heteroatoms. The summed E-state index contributed by atoms with van der Waals surface area (Å²) in [5.74, 6) is -0.770. The van der Waals surface area contributed by atoms with Gasteiger partial charge in [0, 0.05) is 19.2 Å². The van der Waals surface area contributed by atoms with Gasteiger partial charge in [-0.2, -0.15) is 0 Å². The number of carbonyl (C=O) groups excluding carboxylic acids is 3. The highest BCUT2D eigenvalue weighted by molar-refractivity contribution is 8.15. The van der Waals surface area contributed by atoms with Gasteiger partial charge in [-0.3, -0.25) is 14.5 Å². The number of nitrogens with one attached hydrogen (secondary N) is 1. The van der Waals surface area contributed by atoms with Gasteiger partial charge in [0.15, 0.2) is 5.17 Å². The van der Waals surface area contributed by atoms with Crippen LogP contribution in [0, 0.1) is 13.8 Å². The SMILES string of the molecule is CCOC(=O)c1ccc(N=C2SC(CC(=O)Nc3ccc(C)cc3C)C(=O)N2C)cc1. The smallest absolute Gasteiger partial charge is 0.338 e. The van der Waals surface area contributed by atoms with Crippen molar-refractivity contribution in [1.29, 1.82) is 0 Å². The molecular weight excluding hydrogens is 414 g/mol. The Balaban J connectivity index is 1.65. The highest BCUT2D eigenvalue weighted by atomic mass is 32.2. The third-order valence-electron chi connectivity index (χ3n) is 4.77. The topological polar surface area (TPSA) is 88.1 Å². The standard InChI is InChI=1S/C23H25N3O4S/c1-5-30-22(29)16-7-9-17(10-8-16)24-23-26(4)21(28)19(31-23)13-20(27)25-18-11-6-14(2)12-15(18)3/h6-12,19H,5,13H2,1-4H3,(H,25,27). The van der Waals surface area contributed by atoms with E-state index >= 15 is 0 Å². The van der Waals surface area contributed by atoms with Crippen molar-refractivity contribution < 1.29 is 19.1 Å². The van der Waals surface area contributed by atoms with E-state index in [4.69, 9.17) is 4.74 Å². The summed E-state index contributed by atoms with van der Waals surface area (Å²) >= 11 is 1.26. The number of amides is 2. The molecule has 2 aromatic carbocycles. The van der Waals surface area contributed by atoms with Crippen LogP contribution in [0.15, 0.2) is 47.5 Å². The van der Waals surface area contributed by atoms with E-state index in [-0.39, 0.29) is 24.2 Å². The minimum Gasteiger partial charge on any atom is -0.462 e. The van der Waals surface area contributed by atoms with Crippen LogP contribution in [0.1, 0.15) is 34.8 Å². The summed E-state index contributed by atoms with van der Waals surface area (Å²) in [6.45, 7) is 5.99. The fourth-order valence-electron chi connectivity index (χ4n) is 3.12. The van der Waals surface area contributed by atoms with Gasteiger partial charge < -0.3 is 10.1 Å². The first-order valence-electron chi connectivity index (χ1n) is 9.95. The summed E-state index contributed by atoms with van der Waals surface area (Å²) in [6.07, 6.45) is 0.0575. The molecule has 0 radical (unpaired) electrons. The van der Waals surface area contributed by atoms with E-state index in [1.54, 1.807) is 38.2 Å². The number of esters is 1. The number of carbonyl (C=O) groups is 3. The first-order chi connectivity index (χ1) is 14.8. The molecule has 162 valence electrons. The van der Waals surface area contributed by atoms with Crippen LogP contribution in [-0.4, -0.2) is 46.8 Å². The van der Waals surface area contributed by atoms with Gasteiger partial charge in [0.05, 0.1) is 17.9 Å². The number of hydrogen-bond acceptors (Lipinski definition) is 6. The van der Waals surface area contributed by atoms with Gasteiger partial charge >= 0.3 is 5.97 Å². The lowest BCUT2D eigenvalue weighted by Gasteiger charge is -2.11. The highest BCUT2D eigenvalue weighted by Gasteiger charge is 2.37. The van der Waals surface area contributed by atoms with Crippen LogP contribution in [0.2, 0.25) is 0 Å². The van der Waals surface area contributed by atoms with E-state index in [2.05, 4.69) is 10.3 Å². The van der Waals surface area contributed by atoms with Gasteiger partial charge in [-0.05, 0) is 56.7 Å². The van der Waals surface area contributed by atoms with Crippen molar-refractivity contribution in [3.8, 4) is 0 Å². The lowest BCUT2D eigenvalue weighted by molar-refractivity contribution is -0.127. The molecule has 7 nitrogen and oxygen atoms in total. The van der Waals surface area contributed by atoms with Gasteiger partial charge in [0.25, 0.3) is 0 Å². The number of nitrogens with zero attached hydrogens (tertiary/aromatic N) is 2. The van der Waals surface area contributed by atoms with Gasteiger partial charge in [0.2, 0.25) is 11.8 Å². The molecule has 1 aliphatic heterocycles. The summed E-state index contributed by atoms with van der Waals surface area (Å²) in [6, 6.07) is 12.4. The summed E-state index contributed by atoms with van der Waals surface area (Å²) in [5, 5.41) is 2.86. The monoisotopic (exact) mass is 439 g/mol. The van der Waals surface area contributed by atoms with Gasteiger partial charge in [-0.25, -0.2) is 9.79 Å². The van der Waals surface area contributed by atoms with E-state index in [1.807, 2.05) is 32.0 Å². The predicted octanol–water partition coefficient (Wildman–Crippen LogP) is 4.07. The molecule has 0 saturated carbocycles. The number of rotatable bonds is 6. The largest absolute Gasteiger partial charge is 0.462 e. The van der Waals surface area contributed by atoms with E-state index in [0.717, 1.165) is 16.8 Å². The maximum absolute atomic E-state index is 12.6. The Labute approximate surface area is 185 Å². The van der Waals surface area contributed by atoms with Crippen LogP contribution >= 0.6 is 11.8 Å². The average Bonchev–Trinajstić information content (AvgIpc) is 2.98. The molecule has 31 heavy (non-hydrogen) atoms. The van der Waals surface area contributed by atoms with Crippen LogP contribution in [0.4, 0.5) is 11.4 Å². The van der Waals surface area contributed by atoms with Crippen molar-refractivity contribution in [2.24, 2.45) is 4.99 Å². The molecule has 1 heterocycles. The lowest BCUT2D eigenvalue weighted by atomic mass is 10.1. The van der Waals surface area contributed by atoms with Crippen molar-refractivity contribution in [3.05, 3.63) is 59.2 Å². The molecule has 0 aliphatic carbocycles. The quantitative estimate of drug-likeness (QED) is 0.686.